The van der Waals surface area contributed by atoms with Crippen molar-refractivity contribution >= 4 is 11.9 Å². The molecule has 366 valence electrons. The third-order valence-electron chi connectivity index (χ3n) is 12.7. The number of esters is 1. The van der Waals surface area contributed by atoms with E-state index in [0.717, 1.165) is 44.9 Å². The third kappa shape index (κ3) is 47.8. The molecule has 0 aromatic heterocycles. The molecule has 0 aliphatic carbocycles. The Morgan fingerprint density at radius 3 is 1.19 bits per heavy atom. The van der Waals surface area contributed by atoms with Crippen LogP contribution in [-0.2, 0) is 14.3 Å². The molecule has 0 aliphatic heterocycles. The molecule has 0 saturated carbocycles. The Kier molecular flexibility index (Phi) is 50.6. The maximum atomic E-state index is 12.4. The molecule has 0 rings (SSSR count). The van der Waals surface area contributed by atoms with Gasteiger partial charge in [0.25, 0.3) is 0 Å². The van der Waals surface area contributed by atoms with Gasteiger partial charge in [-0.25, -0.2) is 0 Å². The Labute approximate surface area is 386 Å². The van der Waals surface area contributed by atoms with Crippen LogP contribution >= 0.6 is 0 Å². The highest BCUT2D eigenvalue weighted by molar-refractivity contribution is 5.76. The third-order valence-corrected chi connectivity index (χ3v) is 12.7. The lowest BCUT2D eigenvalue weighted by Gasteiger charge is -2.22. The van der Waals surface area contributed by atoms with E-state index in [4.69, 9.17) is 4.74 Å². The van der Waals surface area contributed by atoms with Crippen molar-refractivity contribution in [2.24, 2.45) is 0 Å². The molecule has 62 heavy (non-hydrogen) atoms. The molecule has 6 nitrogen and oxygen atoms in total. The first-order valence-corrected chi connectivity index (χ1v) is 27.6. The summed E-state index contributed by atoms with van der Waals surface area (Å²) in [7, 11) is 0. The van der Waals surface area contributed by atoms with E-state index in [0.29, 0.717) is 25.9 Å². The molecular formula is C56H107NO5. The summed E-state index contributed by atoms with van der Waals surface area (Å²) in [5.74, 6) is -0.0400. The highest BCUT2D eigenvalue weighted by atomic mass is 16.5. The second-order valence-corrected chi connectivity index (χ2v) is 18.9. The normalized spacial score (nSPS) is 12.8. The molecule has 0 heterocycles. The van der Waals surface area contributed by atoms with Crippen LogP contribution < -0.4 is 5.32 Å². The van der Waals surface area contributed by atoms with Gasteiger partial charge in [-0.05, 0) is 70.6 Å². The van der Waals surface area contributed by atoms with Gasteiger partial charge in [0.15, 0.2) is 0 Å². The van der Waals surface area contributed by atoms with E-state index in [1.165, 1.54) is 218 Å². The van der Waals surface area contributed by atoms with Gasteiger partial charge in [0, 0.05) is 12.8 Å². The molecule has 0 radical (unpaired) electrons. The number of hydrogen-bond donors (Lipinski definition) is 3. The fourth-order valence-electron chi connectivity index (χ4n) is 8.44. The second kappa shape index (κ2) is 52.0. The summed E-state index contributed by atoms with van der Waals surface area (Å²) in [6, 6.07) is -0.542. The van der Waals surface area contributed by atoms with Crippen molar-refractivity contribution in [3.05, 3.63) is 24.3 Å². The molecular weight excluding hydrogens is 767 g/mol. The lowest BCUT2D eigenvalue weighted by atomic mass is 10.0. The van der Waals surface area contributed by atoms with Crippen LogP contribution in [-0.4, -0.2) is 47.4 Å². The lowest BCUT2D eigenvalue weighted by molar-refractivity contribution is -0.143. The largest absolute Gasteiger partial charge is 0.466 e. The van der Waals surface area contributed by atoms with Crippen molar-refractivity contribution in [1.82, 2.24) is 5.32 Å². The number of nitrogens with one attached hydrogen (secondary N) is 1. The van der Waals surface area contributed by atoms with Gasteiger partial charge in [0.1, 0.15) is 0 Å². The number of allylic oxidation sites excluding steroid dienone is 4. The van der Waals surface area contributed by atoms with Gasteiger partial charge in [-0.1, -0.05) is 237 Å². The minimum Gasteiger partial charge on any atom is -0.466 e. The van der Waals surface area contributed by atoms with Gasteiger partial charge in [0.05, 0.1) is 25.4 Å². The average molecular weight is 874 g/mol. The molecule has 0 aromatic rings. The Bertz CT molecular complexity index is 966. The van der Waals surface area contributed by atoms with E-state index in [9.17, 15) is 19.8 Å². The Balaban J connectivity index is 3.39. The SMILES string of the molecule is CCCC/C=C\CCCCCCCC(=O)OCCCCCCCCCCCCCC/C=C\CCCCCCCCCCC(=O)NC(CO)C(O)CCCCCCCCCCCC. The van der Waals surface area contributed by atoms with Gasteiger partial charge in [-0.3, -0.25) is 9.59 Å². The molecule has 0 aromatic carbocycles. The molecule has 0 saturated heterocycles. The van der Waals surface area contributed by atoms with Crippen LogP contribution in [0.25, 0.3) is 0 Å². The number of aliphatic hydroxyl groups is 2. The van der Waals surface area contributed by atoms with Crippen molar-refractivity contribution in [3.8, 4) is 0 Å². The van der Waals surface area contributed by atoms with Gasteiger partial charge in [-0.15, -0.1) is 0 Å². The lowest BCUT2D eigenvalue weighted by Crippen LogP contribution is -2.45. The number of hydrogen-bond acceptors (Lipinski definition) is 5. The molecule has 2 unspecified atom stereocenters. The zero-order chi connectivity index (χ0) is 45.1. The topological polar surface area (TPSA) is 95.9 Å². The minimum absolute atomic E-state index is 0.00113. The van der Waals surface area contributed by atoms with Crippen LogP contribution in [0.3, 0.4) is 0 Å². The number of amides is 1. The van der Waals surface area contributed by atoms with Gasteiger partial charge in [-0.2, -0.15) is 0 Å². The van der Waals surface area contributed by atoms with E-state index < -0.39 is 12.1 Å². The van der Waals surface area contributed by atoms with Crippen molar-refractivity contribution in [2.75, 3.05) is 13.2 Å². The van der Waals surface area contributed by atoms with Gasteiger partial charge < -0.3 is 20.3 Å². The summed E-state index contributed by atoms with van der Waals surface area (Å²) in [6.45, 7) is 4.90. The standard InChI is InChI=1S/C56H107NO5/c1-3-5-7-9-11-13-29-34-38-42-46-50-56(61)62-51-47-43-39-35-31-28-26-24-22-20-18-16-15-17-19-21-23-25-27-30-33-37-41-45-49-55(60)57-53(52-58)54(59)48-44-40-36-32-14-12-10-8-6-4-2/h9,11,17,19,53-54,58-59H,3-8,10,12-16,18,20-52H2,1-2H3,(H,57,60)/b11-9-,19-17-. The highest BCUT2D eigenvalue weighted by Gasteiger charge is 2.20. The first-order valence-electron chi connectivity index (χ1n) is 27.6. The van der Waals surface area contributed by atoms with Crippen molar-refractivity contribution in [2.45, 2.75) is 309 Å². The van der Waals surface area contributed by atoms with Gasteiger partial charge >= 0.3 is 5.97 Å². The first kappa shape index (κ1) is 60.3. The molecule has 6 heteroatoms. The second-order valence-electron chi connectivity index (χ2n) is 18.9. The summed E-state index contributed by atoms with van der Waals surface area (Å²) in [4.78, 5) is 24.4. The molecule has 0 aliphatic rings. The van der Waals surface area contributed by atoms with E-state index in [-0.39, 0.29) is 18.5 Å². The van der Waals surface area contributed by atoms with Crippen LogP contribution in [0.4, 0.5) is 0 Å². The number of rotatable bonds is 51. The maximum Gasteiger partial charge on any atom is 0.305 e. The summed E-state index contributed by atoms with van der Waals surface area (Å²) in [5.41, 5.74) is 0. The Hall–Kier alpha value is -1.66. The predicted molar refractivity (Wildman–Crippen MR) is 269 cm³/mol. The molecule has 0 spiro atoms. The maximum absolute atomic E-state index is 12.4. The molecule has 1 amide bonds. The Morgan fingerprint density at radius 1 is 0.435 bits per heavy atom. The smallest absolute Gasteiger partial charge is 0.305 e. The quantitative estimate of drug-likeness (QED) is 0.0321. The number of unbranched alkanes of at least 4 members (excludes halogenated alkanes) is 36. The predicted octanol–water partition coefficient (Wildman–Crippen LogP) is 16.7. The Morgan fingerprint density at radius 2 is 0.774 bits per heavy atom. The first-order chi connectivity index (χ1) is 30.5. The van der Waals surface area contributed by atoms with Crippen LogP contribution in [0.15, 0.2) is 24.3 Å². The van der Waals surface area contributed by atoms with E-state index >= 15 is 0 Å². The molecule has 3 N–H and O–H groups in total. The van der Waals surface area contributed by atoms with Crippen LogP contribution in [0.2, 0.25) is 0 Å². The number of ether oxygens (including phenoxy) is 1. The van der Waals surface area contributed by atoms with Gasteiger partial charge in [0.2, 0.25) is 5.91 Å². The number of carbonyl (C=O) groups is 2. The molecule has 2 atom stereocenters. The summed E-state index contributed by atoms with van der Waals surface area (Å²) in [6.07, 6.45) is 61.7. The zero-order valence-electron chi connectivity index (χ0n) is 41.6. The molecule has 0 fully saturated rings. The number of aliphatic hydroxyl groups excluding tert-OH is 2. The van der Waals surface area contributed by atoms with Crippen molar-refractivity contribution < 1.29 is 24.5 Å². The monoisotopic (exact) mass is 874 g/mol. The van der Waals surface area contributed by atoms with E-state index in [1.54, 1.807) is 0 Å². The fraction of sp³-hybridized carbons (Fsp3) is 0.893. The van der Waals surface area contributed by atoms with Crippen molar-refractivity contribution in [1.29, 1.82) is 0 Å². The fourth-order valence-corrected chi connectivity index (χ4v) is 8.44. The van der Waals surface area contributed by atoms with E-state index in [1.807, 2.05) is 0 Å². The highest BCUT2D eigenvalue weighted by Crippen LogP contribution is 2.16. The van der Waals surface area contributed by atoms with Crippen LogP contribution in [0.5, 0.6) is 0 Å². The van der Waals surface area contributed by atoms with E-state index in [2.05, 4.69) is 43.5 Å². The molecule has 0 bridgehead atoms. The summed E-state index contributed by atoms with van der Waals surface area (Å²) >= 11 is 0. The van der Waals surface area contributed by atoms with Crippen LogP contribution in [0.1, 0.15) is 296 Å². The summed E-state index contributed by atoms with van der Waals surface area (Å²) in [5, 5.41) is 23.1. The summed E-state index contributed by atoms with van der Waals surface area (Å²) < 4.78 is 5.45. The minimum atomic E-state index is -0.664. The number of carbonyl (C=O) groups excluding carboxylic acids is 2. The average Bonchev–Trinajstić information content (AvgIpc) is 3.27. The van der Waals surface area contributed by atoms with Crippen LogP contribution in [0, 0.1) is 0 Å². The zero-order valence-corrected chi connectivity index (χ0v) is 41.6. The van der Waals surface area contributed by atoms with Crippen molar-refractivity contribution in [3.63, 3.8) is 0 Å².